The van der Waals surface area contributed by atoms with Gasteiger partial charge in [0.15, 0.2) is 0 Å². The molecule has 1 saturated carbocycles. The van der Waals surface area contributed by atoms with E-state index in [0.29, 0.717) is 0 Å². The van der Waals surface area contributed by atoms with Crippen LogP contribution in [0.3, 0.4) is 0 Å². The van der Waals surface area contributed by atoms with Crippen LogP contribution in [0.1, 0.15) is 6.42 Å². The van der Waals surface area contributed by atoms with Crippen LogP contribution >= 0.6 is 0 Å². The minimum atomic E-state index is -1.21. The minimum Gasteiger partial charge on any atom is -0.393 e. The first-order chi connectivity index (χ1) is 5.62. The molecule has 5 heteroatoms. The van der Waals surface area contributed by atoms with Gasteiger partial charge in [0.1, 0.15) is 17.8 Å². The highest BCUT2D eigenvalue weighted by Crippen LogP contribution is 2.47. The summed E-state index contributed by atoms with van der Waals surface area (Å²) < 4.78 is 5.05. The van der Waals surface area contributed by atoms with E-state index in [0.717, 1.165) is 0 Å². The van der Waals surface area contributed by atoms with Crippen molar-refractivity contribution in [2.45, 2.75) is 36.4 Å². The van der Waals surface area contributed by atoms with E-state index in [1.54, 1.807) is 0 Å². The van der Waals surface area contributed by atoms with Gasteiger partial charge < -0.3 is 25.2 Å². The third-order valence-electron chi connectivity index (χ3n) is 2.77. The number of hydrogen-bond acceptors (Lipinski definition) is 5. The molecule has 1 saturated heterocycles. The number of fused-ring (bicyclic) bond motifs is 1. The number of epoxide rings is 1. The average molecular weight is 176 g/mol. The van der Waals surface area contributed by atoms with E-state index >= 15 is 0 Å². The van der Waals surface area contributed by atoms with Gasteiger partial charge in [0.05, 0.1) is 18.8 Å². The van der Waals surface area contributed by atoms with Crippen molar-refractivity contribution in [1.82, 2.24) is 0 Å². The molecule has 1 heterocycles. The smallest absolute Gasteiger partial charge is 0.146 e. The molecule has 0 aromatic heterocycles. The van der Waals surface area contributed by atoms with Gasteiger partial charge in [-0.25, -0.2) is 0 Å². The SMILES string of the molecule is OC[C@]12O[C@H]1C[C@H](O)[C@@H](O)[C@H]2O. The van der Waals surface area contributed by atoms with Crippen LogP contribution < -0.4 is 0 Å². The van der Waals surface area contributed by atoms with E-state index in [1.165, 1.54) is 0 Å². The van der Waals surface area contributed by atoms with Crippen molar-refractivity contribution in [3.63, 3.8) is 0 Å². The van der Waals surface area contributed by atoms with E-state index in [1.807, 2.05) is 0 Å². The zero-order valence-electron chi connectivity index (χ0n) is 6.42. The van der Waals surface area contributed by atoms with Gasteiger partial charge in [-0.05, 0) is 0 Å². The second-order valence-electron chi connectivity index (χ2n) is 3.46. The molecule has 0 aromatic rings. The Morgan fingerprint density at radius 3 is 2.58 bits per heavy atom. The lowest BCUT2D eigenvalue weighted by Gasteiger charge is -2.30. The van der Waals surface area contributed by atoms with Gasteiger partial charge in [-0.2, -0.15) is 0 Å². The van der Waals surface area contributed by atoms with Crippen LogP contribution in [0.4, 0.5) is 0 Å². The summed E-state index contributed by atoms with van der Waals surface area (Å²) in [4.78, 5) is 0. The molecule has 2 rings (SSSR count). The van der Waals surface area contributed by atoms with Crippen LogP contribution in [0.25, 0.3) is 0 Å². The highest BCUT2D eigenvalue weighted by atomic mass is 16.6. The molecule has 0 radical (unpaired) electrons. The van der Waals surface area contributed by atoms with Crippen molar-refractivity contribution in [1.29, 1.82) is 0 Å². The molecule has 4 N–H and O–H groups in total. The maximum atomic E-state index is 9.41. The molecule has 0 spiro atoms. The Morgan fingerprint density at radius 1 is 1.33 bits per heavy atom. The largest absolute Gasteiger partial charge is 0.393 e. The van der Waals surface area contributed by atoms with Crippen molar-refractivity contribution in [3.8, 4) is 0 Å². The Hall–Kier alpha value is -0.200. The zero-order valence-corrected chi connectivity index (χ0v) is 6.42. The molecule has 0 bridgehead atoms. The van der Waals surface area contributed by atoms with E-state index in [-0.39, 0.29) is 19.1 Å². The number of hydrogen-bond donors (Lipinski definition) is 4. The summed E-state index contributed by atoms with van der Waals surface area (Å²) in [5, 5.41) is 36.7. The Balaban J connectivity index is 2.15. The first-order valence-electron chi connectivity index (χ1n) is 3.94. The maximum Gasteiger partial charge on any atom is 0.146 e. The van der Waals surface area contributed by atoms with E-state index in [2.05, 4.69) is 0 Å². The third kappa shape index (κ3) is 0.855. The fourth-order valence-electron chi connectivity index (χ4n) is 1.83. The number of aliphatic hydroxyl groups excluding tert-OH is 4. The second-order valence-corrected chi connectivity index (χ2v) is 3.46. The molecule has 2 fully saturated rings. The molecular weight excluding hydrogens is 164 g/mol. The Morgan fingerprint density at radius 2 is 2.00 bits per heavy atom. The summed E-state index contributed by atoms with van der Waals surface area (Å²) in [5.74, 6) is 0. The lowest BCUT2D eigenvalue weighted by molar-refractivity contribution is -0.105. The van der Waals surface area contributed by atoms with Gasteiger partial charge in [-0.15, -0.1) is 0 Å². The van der Waals surface area contributed by atoms with Gasteiger partial charge in [0, 0.05) is 6.42 Å². The molecule has 70 valence electrons. The molecule has 2 aliphatic rings. The highest BCUT2D eigenvalue weighted by molar-refractivity contribution is 5.15. The summed E-state index contributed by atoms with van der Waals surface area (Å²) >= 11 is 0. The topological polar surface area (TPSA) is 93.5 Å². The fraction of sp³-hybridized carbons (Fsp3) is 1.00. The fourth-order valence-corrected chi connectivity index (χ4v) is 1.83. The van der Waals surface area contributed by atoms with E-state index in [4.69, 9.17) is 9.84 Å². The number of aliphatic hydroxyl groups is 4. The minimum absolute atomic E-state index is 0.277. The van der Waals surface area contributed by atoms with Gasteiger partial charge in [0.2, 0.25) is 0 Å². The number of rotatable bonds is 1. The van der Waals surface area contributed by atoms with Gasteiger partial charge >= 0.3 is 0 Å². The maximum absolute atomic E-state index is 9.41. The average Bonchev–Trinajstić information content (AvgIpc) is 2.76. The summed E-state index contributed by atoms with van der Waals surface area (Å²) in [6, 6.07) is 0. The first-order valence-corrected chi connectivity index (χ1v) is 3.94. The van der Waals surface area contributed by atoms with Crippen LogP contribution in [0.5, 0.6) is 0 Å². The molecule has 1 aliphatic heterocycles. The second kappa shape index (κ2) is 2.40. The highest BCUT2D eigenvalue weighted by Gasteiger charge is 2.67. The standard InChI is InChI=1S/C7H12O5/c8-2-7-4(12-7)1-3(9)5(10)6(7)11/h3-6,8-11H,1-2H2/t3-,4-,5+,6+,7-/m0/s1. The van der Waals surface area contributed by atoms with Crippen molar-refractivity contribution in [2.75, 3.05) is 6.61 Å². The van der Waals surface area contributed by atoms with Gasteiger partial charge in [-0.3, -0.25) is 0 Å². The molecule has 0 amide bonds. The van der Waals surface area contributed by atoms with E-state index in [9.17, 15) is 15.3 Å². The quantitative estimate of drug-likeness (QED) is 0.334. The van der Waals surface area contributed by atoms with Crippen molar-refractivity contribution < 1.29 is 25.2 Å². The summed E-state index contributed by atoms with van der Waals surface area (Å²) in [6.45, 7) is -0.317. The summed E-state index contributed by atoms with van der Waals surface area (Å²) in [7, 11) is 0. The van der Waals surface area contributed by atoms with Crippen molar-refractivity contribution >= 4 is 0 Å². The summed E-state index contributed by atoms with van der Waals surface area (Å²) in [5.41, 5.74) is -1.00. The van der Waals surface area contributed by atoms with Crippen LogP contribution in [0.15, 0.2) is 0 Å². The van der Waals surface area contributed by atoms with Crippen LogP contribution in [0.2, 0.25) is 0 Å². The van der Waals surface area contributed by atoms with Crippen LogP contribution in [-0.4, -0.2) is 57.0 Å². The Labute approximate surface area is 69.2 Å². The molecule has 5 atom stereocenters. The first kappa shape index (κ1) is 8.40. The third-order valence-corrected chi connectivity index (χ3v) is 2.77. The summed E-state index contributed by atoms with van der Waals surface area (Å²) in [6.07, 6.45) is -3.38. The lowest BCUT2D eigenvalue weighted by atomic mass is 9.83. The van der Waals surface area contributed by atoms with Crippen molar-refractivity contribution in [3.05, 3.63) is 0 Å². The predicted octanol–water partition coefficient (Wildman–Crippen LogP) is -2.40. The molecule has 0 aromatic carbocycles. The van der Waals surface area contributed by atoms with Crippen LogP contribution in [0, 0.1) is 0 Å². The Kier molecular flexibility index (Phi) is 1.68. The van der Waals surface area contributed by atoms with Crippen LogP contribution in [-0.2, 0) is 4.74 Å². The van der Waals surface area contributed by atoms with Gasteiger partial charge in [-0.1, -0.05) is 0 Å². The molecular formula is C7H12O5. The molecule has 0 unspecified atom stereocenters. The molecule has 12 heavy (non-hydrogen) atoms. The monoisotopic (exact) mass is 176 g/mol. The molecule has 5 nitrogen and oxygen atoms in total. The van der Waals surface area contributed by atoms with Crippen molar-refractivity contribution in [2.24, 2.45) is 0 Å². The Bertz CT molecular complexity index is 196. The van der Waals surface area contributed by atoms with E-state index < -0.39 is 23.9 Å². The normalized spacial score (nSPS) is 58.0. The molecule has 1 aliphatic carbocycles. The zero-order chi connectivity index (χ0) is 8.93. The predicted molar refractivity (Wildman–Crippen MR) is 37.3 cm³/mol. The van der Waals surface area contributed by atoms with Gasteiger partial charge in [0.25, 0.3) is 0 Å². The number of ether oxygens (including phenoxy) is 1. The lowest BCUT2D eigenvalue weighted by Crippen LogP contribution is -2.53.